The molecule has 0 unspecified atom stereocenters. The molecule has 0 saturated carbocycles. The van der Waals surface area contributed by atoms with Gasteiger partial charge in [-0.15, -0.1) is 0 Å². The molecular weight excluding hydrogens is 314 g/mol. The molecule has 1 aromatic carbocycles. The van der Waals surface area contributed by atoms with E-state index in [1.54, 1.807) is 13.8 Å². The largest absolute Gasteiger partial charge is 0.358 e. The minimum Gasteiger partial charge on any atom is -0.290 e. The predicted molar refractivity (Wildman–Crippen MR) is 79.7 cm³/mol. The number of carbonyl (C=O) groups excluding carboxylic acids is 1. The molecule has 0 aromatic heterocycles. The Labute approximate surface area is 127 Å². The monoisotopic (exact) mass is 325 g/mol. The van der Waals surface area contributed by atoms with Crippen LogP contribution in [-0.4, -0.2) is 19.9 Å². The van der Waals surface area contributed by atoms with Crippen LogP contribution in [0, 0.1) is 0 Å². The van der Waals surface area contributed by atoms with Gasteiger partial charge in [-0.05, 0) is 55.8 Å². The van der Waals surface area contributed by atoms with Crippen LogP contribution in [0.4, 0.5) is 0 Å². The topological polar surface area (TPSA) is 72.8 Å². The Morgan fingerprint density at radius 2 is 1.67 bits per heavy atom. The van der Waals surface area contributed by atoms with Crippen molar-refractivity contribution in [1.82, 2.24) is 0 Å². The molecule has 0 heterocycles. The second-order valence-corrected chi connectivity index (χ2v) is 6.37. The second-order valence-electron chi connectivity index (χ2n) is 4.41. The summed E-state index contributed by atoms with van der Waals surface area (Å²) in [6, 6.07) is 5.54. The minimum atomic E-state index is -4.02. The summed E-state index contributed by atoms with van der Waals surface area (Å²) in [5, 5.41) is 4.04. The fraction of sp³-hybridized carbons (Fsp3) is 0.143. The summed E-state index contributed by atoms with van der Waals surface area (Å²) in [7, 11) is -4.02. The van der Waals surface area contributed by atoms with Gasteiger partial charge in [0.1, 0.15) is 10.6 Å². The molecule has 0 spiro atoms. The first-order chi connectivity index (χ1) is 9.81. The summed E-state index contributed by atoms with van der Waals surface area (Å²) in [4.78, 5) is 11.4. The summed E-state index contributed by atoms with van der Waals surface area (Å²) >= 11 is 5.70. The molecular formula is C14H12ClNO4S. The van der Waals surface area contributed by atoms with E-state index in [0.717, 1.165) is 0 Å². The van der Waals surface area contributed by atoms with E-state index in [1.165, 1.54) is 36.4 Å². The van der Waals surface area contributed by atoms with Crippen molar-refractivity contribution in [2.24, 2.45) is 5.16 Å². The van der Waals surface area contributed by atoms with Crippen LogP contribution in [0.2, 0.25) is 5.02 Å². The summed E-state index contributed by atoms with van der Waals surface area (Å²) in [6.45, 7) is 3.32. The molecule has 1 aliphatic rings. The molecule has 110 valence electrons. The van der Waals surface area contributed by atoms with Crippen LogP contribution in [0.15, 0.2) is 57.6 Å². The average Bonchev–Trinajstić information content (AvgIpc) is 2.44. The van der Waals surface area contributed by atoms with Crippen molar-refractivity contribution < 1.29 is 17.5 Å². The van der Waals surface area contributed by atoms with Crippen LogP contribution < -0.4 is 0 Å². The Balaban J connectivity index is 2.26. The van der Waals surface area contributed by atoms with Crippen molar-refractivity contribution >= 4 is 33.2 Å². The third kappa shape index (κ3) is 3.40. The lowest BCUT2D eigenvalue weighted by molar-refractivity contribution is -0.111. The van der Waals surface area contributed by atoms with Crippen molar-refractivity contribution in [1.29, 1.82) is 0 Å². The number of hydrogen-bond donors (Lipinski definition) is 0. The SMILES string of the molecule is CC1=C(C)/C(=N/OS(=O)(=O)c2ccc(Cl)cc2)C=CC1=O. The van der Waals surface area contributed by atoms with Crippen LogP contribution in [0.1, 0.15) is 13.8 Å². The summed E-state index contributed by atoms with van der Waals surface area (Å²) in [5.41, 5.74) is 1.38. The molecule has 7 heteroatoms. The van der Waals surface area contributed by atoms with E-state index in [2.05, 4.69) is 9.44 Å². The van der Waals surface area contributed by atoms with E-state index < -0.39 is 10.1 Å². The second kappa shape index (κ2) is 5.83. The molecule has 0 radical (unpaired) electrons. The number of halogens is 1. The Morgan fingerprint density at radius 3 is 2.29 bits per heavy atom. The predicted octanol–water partition coefficient (Wildman–Crippen LogP) is 2.88. The Morgan fingerprint density at radius 1 is 1.05 bits per heavy atom. The highest BCUT2D eigenvalue weighted by molar-refractivity contribution is 7.86. The van der Waals surface area contributed by atoms with Crippen molar-refractivity contribution in [3.63, 3.8) is 0 Å². The molecule has 0 aliphatic heterocycles. The number of nitrogens with zero attached hydrogens (tertiary/aromatic N) is 1. The van der Waals surface area contributed by atoms with Crippen LogP contribution in [0.3, 0.4) is 0 Å². The smallest absolute Gasteiger partial charge is 0.290 e. The molecule has 21 heavy (non-hydrogen) atoms. The van der Waals surface area contributed by atoms with Gasteiger partial charge in [0.25, 0.3) is 0 Å². The van der Waals surface area contributed by atoms with Gasteiger partial charge in [-0.1, -0.05) is 16.8 Å². The maximum absolute atomic E-state index is 12.0. The highest BCUT2D eigenvalue weighted by Gasteiger charge is 2.18. The lowest BCUT2D eigenvalue weighted by Crippen LogP contribution is -2.12. The zero-order valence-electron chi connectivity index (χ0n) is 11.3. The Kier molecular flexibility index (Phi) is 4.29. The fourth-order valence-electron chi connectivity index (χ4n) is 1.61. The van der Waals surface area contributed by atoms with Gasteiger partial charge in [0.05, 0.1) is 0 Å². The molecule has 2 rings (SSSR count). The average molecular weight is 326 g/mol. The standard InChI is InChI=1S/C14H12ClNO4S/c1-9-10(2)14(17)8-7-13(9)16-20-21(18,19)12-5-3-11(15)4-6-12/h3-8H,1-2H3/b16-13+. The molecule has 0 fully saturated rings. The number of hydrogen-bond acceptors (Lipinski definition) is 5. The van der Waals surface area contributed by atoms with Crippen LogP contribution in [0.25, 0.3) is 0 Å². The molecule has 1 aromatic rings. The first kappa shape index (κ1) is 15.5. The number of allylic oxidation sites excluding steroid dienone is 4. The van der Waals surface area contributed by atoms with Crippen LogP contribution >= 0.6 is 11.6 Å². The molecule has 5 nitrogen and oxygen atoms in total. The quantitative estimate of drug-likeness (QED) is 0.632. The van der Waals surface area contributed by atoms with E-state index in [-0.39, 0.29) is 10.7 Å². The summed E-state index contributed by atoms with van der Waals surface area (Å²) < 4.78 is 28.6. The molecule has 0 amide bonds. The molecule has 1 aliphatic carbocycles. The molecule has 0 N–H and O–H groups in total. The number of oxime groups is 1. The summed E-state index contributed by atoms with van der Waals surface area (Å²) in [6.07, 6.45) is 2.74. The van der Waals surface area contributed by atoms with Crippen molar-refractivity contribution in [2.75, 3.05) is 0 Å². The van der Waals surface area contributed by atoms with E-state index >= 15 is 0 Å². The first-order valence-corrected chi connectivity index (χ1v) is 7.77. The van der Waals surface area contributed by atoms with Gasteiger partial charge in [0, 0.05) is 10.6 Å². The van der Waals surface area contributed by atoms with Gasteiger partial charge in [0.2, 0.25) is 0 Å². The highest BCUT2D eigenvalue weighted by atomic mass is 35.5. The number of benzene rings is 1. The third-order valence-electron chi connectivity index (χ3n) is 3.04. The molecule has 0 saturated heterocycles. The van der Waals surface area contributed by atoms with E-state index in [9.17, 15) is 13.2 Å². The zero-order chi connectivity index (χ0) is 15.6. The van der Waals surface area contributed by atoms with Crippen LogP contribution in [-0.2, 0) is 19.2 Å². The van der Waals surface area contributed by atoms with Crippen molar-refractivity contribution in [3.05, 3.63) is 52.6 Å². The lowest BCUT2D eigenvalue weighted by atomic mass is 9.97. The Hall–Kier alpha value is -1.92. The van der Waals surface area contributed by atoms with Gasteiger partial charge in [-0.3, -0.25) is 9.08 Å². The number of ketones is 1. The van der Waals surface area contributed by atoms with Crippen LogP contribution in [0.5, 0.6) is 0 Å². The Bertz CT molecular complexity index is 774. The number of carbonyl (C=O) groups is 1. The van der Waals surface area contributed by atoms with Gasteiger partial charge >= 0.3 is 10.1 Å². The molecule has 0 bridgehead atoms. The first-order valence-electron chi connectivity index (χ1n) is 5.99. The highest BCUT2D eigenvalue weighted by Crippen LogP contribution is 2.18. The maximum Gasteiger partial charge on any atom is 0.358 e. The van der Waals surface area contributed by atoms with Gasteiger partial charge in [0.15, 0.2) is 5.78 Å². The van der Waals surface area contributed by atoms with E-state index in [4.69, 9.17) is 11.6 Å². The van der Waals surface area contributed by atoms with Crippen molar-refractivity contribution in [3.8, 4) is 0 Å². The van der Waals surface area contributed by atoms with Gasteiger partial charge < -0.3 is 0 Å². The van der Waals surface area contributed by atoms with Gasteiger partial charge in [-0.25, -0.2) is 0 Å². The lowest BCUT2D eigenvalue weighted by Gasteiger charge is -2.10. The van der Waals surface area contributed by atoms with E-state index in [0.29, 0.717) is 21.9 Å². The minimum absolute atomic E-state index is 0.0505. The summed E-state index contributed by atoms with van der Waals surface area (Å²) in [5.74, 6) is -0.132. The zero-order valence-corrected chi connectivity index (χ0v) is 12.9. The molecule has 0 atom stereocenters. The van der Waals surface area contributed by atoms with E-state index in [1.807, 2.05) is 0 Å². The third-order valence-corrected chi connectivity index (χ3v) is 4.42. The fourth-order valence-corrected chi connectivity index (χ4v) is 2.47. The van der Waals surface area contributed by atoms with Gasteiger partial charge in [-0.2, -0.15) is 8.42 Å². The normalized spacial score (nSPS) is 17.5. The number of rotatable bonds is 3. The van der Waals surface area contributed by atoms with Crippen molar-refractivity contribution in [2.45, 2.75) is 18.7 Å². The maximum atomic E-state index is 12.0.